The van der Waals surface area contributed by atoms with Crippen molar-refractivity contribution in [3.8, 4) is 0 Å². The van der Waals surface area contributed by atoms with Crippen molar-refractivity contribution < 1.29 is 9.15 Å². The fourth-order valence-corrected chi connectivity index (χ4v) is 6.72. The van der Waals surface area contributed by atoms with Crippen LogP contribution in [0, 0.1) is 0 Å². The van der Waals surface area contributed by atoms with Gasteiger partial charge in [0.2, 0.25) is 0 Å². The van der Waals surface area contributed by atoms with E-state index in [1.807, 2.05) is 34.9 Å². The molecule has 2 aromatic heterocycles. The van der Waals surface area contributed by atoms with E-state index in [0.717, 1.165) is 52.3 Å². The summed E-state index contributed by atoms with van der Waals surface area (Å²) in [5.74, 6) is 1.48. The number of halogens is 1. The van der Waals surface area contributed by atoms with Gasteiger partial charge in [0.25, 0.3) is 5.56 Å². The molecule has 1 saturated heterocycles. The molecule has 2 aliphatic heterocycles. The molecule has 1 fully saturated rings. The van der Waals surface area contributed by atoms with Gasteiger partial charge in [-0.05, 0) is 47.7 Å². The normalized spacial score (nSPS) is 19.3. The highest BCUT2D eigenvalue weighted by Crippen LogP contribution is 2.41. The molecule has 1 aliphatic carbocycles. The Bertz CT molecular complexity index is 1710. The number of hydrogen-bond donors (Lipinski definition) is 0. The van der Waals surface area contributed by atoms with Crippen molar-refractivity contribution in [2.75, 3.05) is 31.2 Å². The molecule has 1 atom stereocenters. The zero-order chi connectivity index (χ0) is 24.9. The van der Waals surface area contributed by atoms with Crippen molar-refractivity contribution in [2.45, 2.75) is 18.9 Å². The van der Waals surface area contributed by atoms with Crippen molar-refractivity contribution in [3.63, 3.8) is 0 Å². The smallest absolute Gasteiger partial charge is 0.271 e. The lowest BCUT2D eigenvalue weighted by molar-refractivity contribution is 0.120. The van der Waals surface area contributed by atoms with Gasteiger partial charge in [0.15, 0.2) is 10.7 Å². The number of hydrogen-bond acceptors (Lipinski definition) is 6. The zero-order valence-corrected chi connectivity index (χ0v) is 22.4. The molecule has 186 valence electrons. The maximum absolute atomic E-state index is 13.9. The minimum atomic E-state index is -0.185. The van der Waals surface area contributed by atoms with Gasteiger partial charge < -0.3 is 14.1 Å². The Morgan fingerprint density at radius 2 is 1.81 bits per heavy atom. The van der Waals surface area contributed by atoms with Gasteiger partial charge in [-0.1, -0.05) is 63.7 Å². The van der Waals surface area contributed by atoms with Gasteiger partial charge in [0.05, 0.1) is 29.5 Å². The SMILES string of the molecule is O=c1/c(=C/c2ccc(N3CCOCC3)o2)sc2n1[C@H](c1ccc(Br)cc1)C1=C(N=2)c2ccccc2CC1. The van der Waals surface area contributed by atoms with Gasteiger partial charge >= 0.3 is 0 Å². The lowest BCUT2D eigenvalue weighted by Gasteiger charge is -2.30. The van der Waals surface area contributed by atoms with Crippen LogP contribution in [0.15, 0.2) is 84.9 Å². The predicted octanol–water partition coefficient (Wildman–Crippen LogP) is 4.51. The number of aromatic nitrogens is 1. The lowest BCUT2D eigenvalue weighted by atomic mass is 9.83. The molecule has 0 unspecified atom stereocenters. The van der Waals surface area contributed by atoms with Crippen LogP contribution < -0.4 is 19.8 Å². The van der Waals surface area contributed by atoms with E-state index in [1.54, 1.807) is 0 Å². The van der Waals surface area contributed by atoms with Gasteiger partial charge in [-0.25, -0.2) is 4.99 Å². The first-order valence-corrected chi connectivity index (χ1v) is 14.1. The highest BCUT2D eigenvalue weighted by Gasteiger charge is 2.32. The number of thiazole rings is 1. The molecule has 6 nitrogen and oxygen atoms in total. The summed E-state index contributed by atoms with van der Waals surface area (Å²) in [6.07, 6.45) is 3.67. The van der Waals surface area contributed by atoms with Gasteiger partial charge in [0.1, 0.15) is 5.76 Å². The van der Waals surface area contributed by atoms with Crippen LogP contribution >= 0.6 is 27.3 Å². The van der Waals surface area contributed by atoms with Crippen LogP contribution in [0.2, 0.25) is 0 Å². The van der Waals surface area contributed by atoms with E-state index in [9.17, 15) is 4.79 Å². The Hall–Kier alpha value is -3.20. The minimum Gasteiger partial charge on any atom is -0.441 e. The van der Waals surface area contributed by atoms with Crippen LogP contribution in [0.1, 0.15) is 34.9 Å². The second-order valence-corrected chi connectivity index (χ2v) is 11.4. The molecule has 3 aliphatic rings. The van der Waals surface area contributed by atoms with Crippen LogP contribution in [0.4, 0.5) is 5.88 Å². The Labute approximate surface area is 226 Å². The van der Waals surface area contributed by atoms with Gasteiger partial charge in [-0.15, -0.1) is 0 Å². The maximum atomic E-state index is 13.9. The van der Waals surface area contributed by atoms with Crippen molar-refractivity contribution in [3.05, 3.63) is 113 Å². The zero-order valence-electron chi connectivity index (χ0n) is 20.0. The molecular weight excluding hydrogens is 550 g/mol. The van der Waals surface area contributed by atoms with Crippen LogP contribution in [-0.4, -0.2) is 30.9 Å². The largest absolute Gasteiger partial charge is 0.441 e. The molecule has 0 bridgehead atoms. The summed E-state index contributed by atoms with van der Waals surface area (Å²) in [4.78, 5) is 21.9. The van der Waals surface area contributed by atoms with Crippen LogP contribution in [0.5, 0.6) is 0 Å². The van der Waals surface area contributed by atoms with Gasteiger partial charge in [-0.3, -0.25) is 9.36 Å². The first-order chi connectivity index (χ1) is 18.2. The minimum absolute atomic E-state index is 0.0357. The molecule has 7 rings (SSSR count). The maximum Gasteiger partial charge on any atom is 0.271 e. The monoisotopic (exact) mass is 573 g/mol. The molecule has 0 amide bonds. The number of morpholine rings is 1. The van der Waals surface area contributed by atoms with Crippen molar-refractivity contribution in [1.29, 1.82) is 0 Å². The molecule has 0 spiro atoms. The summed E-state index contributed by atoms with van der Waals surface area (Å²) in [6.45, 7) is 2.99. The molecule has 0 saturated carbocycles. The first kappa shape index (κ1) is 23.0. The van der Waals surface area contributed by atoms with Gasteiger partial charge in [-0.2, -0.15) is 0 Å². The quantitative estimate of drug-likeness (QED) is 0.362. The third kappa shape index (κ3) is 4.04. The number of aryl methyl sites for hydroxylation is 1. The summed E-state index contributed by atoms with van der Waals surface area (Å²) in [5, 5.41) is 0. The summed E-state index contributed by atoms with van der Waals surface area (Å²) in [7, 11) is 0. The van der Waals surface area contributed by atoms with E-state index in [1.165, 1.54) is 28.0 Å². The Kier molecular flexibility index (Phi) is 5.75. The van der Waals surface area contributed by atoms with Crippen LogP contribution in [0.3, 0.4) is 0 Å². The second-order valence-electron chi connectivity index (χ2n) is 9.44. The molecule has 4 heterocycles. The van der Waals surface area contributed by atoms with Crippen molar-refractivity contribution >= 4 is 44.9 Å². The summed E-state index contributed by atoms with van der Waals surface area (Å²) in [5.41, 5.74) is 5.74. The predicted molar refractivity (Wildman–Crippen MR) is 149 cm³/mol. The lowest BCUT2D eigenvalue weighted by Crippen LogP contribution is -2.38. The third-order valence-corrected chi connectivity index (χ3v) is 8.78. The van der Waals surface area contributed by atoms with E-state index in [2.05, 4.69) is 57.2 Å². The number of fused-ring (bicyclic) bond motifs is 3. The van der Waals surface area contributed by atoms with Crippen LogP contribution in [0.25, 0.3) is 11.8 Å². The Morgan fingerprint density at radius 1 is 1.00 bits per heavy atom. The van der Waals surface area contributed by atoms with Crippen molar-refractivity contribution in [1.82, 2.24) is 4.57 Å². The second kappa shape index (κ2) is 9.28. The molecule has 2 aromatic carbocycles. The van der Waals surface area contributed by atoms with E-state index < -0.39 is 0 Å². The van der Waals surface area contributed by atoms with E-state index in [-0.39, 0.29) is 11.6 Å². The highest BCUT2D eigenvalue weighted by molar-refractivity contribution is 9.10. The number of ether oxygens (including phenoxy) is 1. The van der Waals surface area contributed by atoms with Crippen molar-refractivity contribution in [2.24, 2.45) is 4.99 Å². The number of allylic oxidation sites excluding steroid dienone is 1. The van der Waals surface area contributed by atoms with E-state index in [0.29, 0.717) is 23.5 Å². The molecule has 8 heteroatoms. The van der Waals surface area contributed by atoms with Crippen LogP contribution in [-0.2, 0) is 11.2 Å². The summed E-state index contributed by atoms with van der Waals surface area (Å²) < 4.78 is 15.1. The number of rotatable bonds is 3. The Morgan fingerprint density at radius 3 is 2.65 bits per heavy atom. The first-order valence-electron chi connectivity index (χ1n) is 12.5. The average Bonchev–Trinajstić information content (AvgIpc) is 3.53. The van der Waals surface area contributed by atoms with Gasteiger partial charge in [0, 0.05) is 35.3 Å². The summed E-state index contributed by atoms with van der Waals surface area (Å²) >= 11 is 4.98. The van der Waals surface area contributed by atoms with E-state index in [4.69, 9.17) is 14.1 Å². The molecular formula is C29H24BrN3O3S. The number of anilines is 1. The molecule has 0 N–H and O–H groups in total. The highest BCUT2D eigenvalue weighted by atomic mass is 79.9. The fraction of sp³-hybridized carbons (Fsp3) is 0.241. The molecule has 4 aromatic rings. The molecule has 37 heavy (non-hydrogen) atoms. The standard InChI is InChI=1S/C29H24BrN3O3S/c30-20-8-5-19(6-9-20)27-23-11-7-18-3-1-2-4-22(18)26(23)31-29-33(27)28(34)24(37-29)17-21-10-12-25(36-21)32-13-15-35-16-14-32/h1-6,8-10,12,17,27H,7,11,13-16H2/b24-17-/t27-/m1/s1. The number of nitrogens with zero attached hydrogens (tertiary/aromatic N) is 3. The Balaban J connectivity index is 1.38. The van der Waals surface area contributed by atoms with E-state index >= 15 is 0 Å². The number of benzene rings is 2. The fourth-order valence-electron chi connectivity index (χ4n) is 5.47. The third-order valence-electron chi connectivity index (χ3n) is 7.27. The topological polar surface area (TPSA) is 60.0 Å². The molecule has 0 radical (unpaired) electrons. The average molecular weight is 574 g/mol. The number of furan rings is 1. The summed E-state index contributed by atoms with van der Waals surface area (Å²) in [6, 6.07) is 20.5.